The van der Waals surface area contributed by atoms with Crippen molar-refractivity contribution in [1.29, 1.82) is 0 Å². The molecule has 0 aliphatic carbocycles. The number of methoxy groups -OCH3 is 1. The average Bonchev–Trinajstić information content (AvgIpc) is 3.79. The van der Waals surface area contributed by atoms with Crippen LogP contribution in [0.15, 0.2) is 77.9 Å². The number of halogens is 2. The summed E-state index contributed by atoms with van der Waals surface area (Å²) in [5.74, 6) is -0.804. The molecule has 3 atom stereocenters. The highest BCUT2D eigenvalue weighted by Gasteiger charge is 2.36. The van der Waals surface area contributed by atoms with Gasteiger partial charge in [-0.1, -0.05) is 59.6 Å². The number of pyridine rings is 2. The second kappa shape index (κ2) is 17.0. The molecule has 0 bridgehead atoms. The zero-order valence-corrected chi connectivity index (χ0v) is 34.5. The number of aromatic nitrogens is 3. The summed E-state index contributed by atoms with van der Waals surface area (Å²) < 4.78 is 12.8. The molecule has 2 aliphatic rings. The van der Waals surface area contributed by atoms with E-state index in [2.05, 4.69) is 10.3 Å². The van der Waals surface area contributed by atoms with Crippen molar-refractivity contribution in [2.75, 3.05) is 20.2 Å². The maximum atomic E-state index is 13.5. The van der Waals surface area contributed by atoms with E-state index < -0.39 is 29.8 Å². The number of carbonyl (C=O) groups is 3. The number of aliphatic hydroxyl groups excluding tert-OH is 1. The number of hydrogen-bond acceptors (Lipinski definition) is 10. The maximum Gasteiger partial charge on any atom is 0.410 e. The van der Waals surface area contributed by atoms with Crippen LogP contribution in [0, 0.1) is 0 Å². The summed E-state index contributed by atoms with van der Waals surface area (Å²) in [5.41, 5.74) is 4.10. The normalized spacial score (nSPS) is 18.2. The van der Waals surface area contributed by atoms with E-state index in [1.54, 1.807) is 55.0 Å². The van der Waals surface area contributed by atoms with Gasteiger partial charge >= 0.3 is 12.1 Å². The SMILES string of the molecule is COc1nc(-c2cccc(-c3cccc(-c4ccn5c(=O)c(CN6C[C@@H](O)C[C@@H]6C(=O)O)cnc5c4)c3Cl)c2Cl)ccc1CN(CC1CCC(=O)N1)C(=O)OC(C)(C)C. The van der Waals surface area contributed by atoms with Crippen LogP contribution in [0.25, 0.3) is 39.2 Å². The molecule has 3 aromatic heterocycles. The Kier molecular flexibility index (Phi) is 12.0. The molecule has 0 spiro atoms. The molecule has 2 aromatic carbocycles. The van der Waals surface area contributed by atoms with Gasteiger partial charge in [-0.25, -0.2) is 14.8 Å². The molecule has 0 radical (unpaired) electrons. The van der Waals surface area contributed by atoms with Gasteiger partial charge in [-0.2, -0.15) is 0 Å². The molecule has 14 nitrogen and oxygen atoms in total. The van der Waals surface area contributed by atoms with Crippen molar-refractivity contribution >= 4 is 46.8 Å². The zero-order chi connectivity index (χ0) is 42.2. The number of nitrogens with one attached hydrogen (secondary N) is 1. The highest BCUT2D eigenvalue weighted by Crippen LogP contribution is 2.42. The van der Waals surface area contributed by atoms with E-state index in [1.165, 1.54) is 17.7 Å². The molecule has 7 rings (SSSR count). The number of carboxylic acid groups (broad SMARTS) is 1. The van der Waals surface area contributed by atoms with Gasteiger partial charge in [0.25, 0.3) is 5.56 Å². The molecule has 5 heterocycles. The van der Waals surface area contributed by atoms with Gasteiger partial charge in [0.05, 0.1) is 41.1 Å². The summed E-state index contributed by atoms with van der Waals surface area (Å²) in [6, 6.07) is 17.2. The Morgan fingerprint density at radius 2 is 1.68 bits per heavy atom. The van der Waals surface area contributed by atoms with Gasteiger partial charge in [0.2, 0.25) is 11.8 Å². The average molecular weight is 844 g/mol. The number of nitrogens with zero attached hydrogens (tertiary/aromatic N) is 5. The van der Waals surface area contributed by atoms with Gasteiger partial charge in [0, 0.05) is 78.7 Å². The number of ether oxygens (including phenoxy) is 2. The van der Waals surface area contributed by atoms with Gasteiger partial charge in [-0.3, -0.25) is 23.7 Å². The predicted molar refractivity (Wildman–Crippen MR) is 222 cm³/mol. The minimum Gasteiger partial charge on any atom is -0.481 e. The molecule has 16 heteroatoms. The van der Waals surface area contributed by atoms with Crippen LogP contribution in [0.3, 0.4) is 0 Å². The van der Waals surface area contributed by atoms with E-state index in [0.29, 0.717) is 79.1 Å². The van der Waals surface area contributed by atoms with Crippen LogP contribution in [0.2, 0.25) is 10.0 Å². The third-order valence-electron chi connectivity index (χ3n) is 10.4. The lowest BCUT2D eigenvalue weighted by atomic mass is 9.97. The second-order valence-electron chi connectivity index (χ2n) is 15.8. The first kappa shape index (κ1) is 41.6. The van der Waals surface area contributed by atoms with E-state index in [0.717, 1.165) is 0 Å². The topological polar surface area (TPSA) is 176 Å². The summed E-state index contributed by atoms with van der Waals surface area (Å²) in [6.07, 6.45) is 2.86. The number of benzene rings is 2. The van der Waals surface area contributed by atoms with E-state index in [4.69, 9.17) is 37.7 Å². The van der Waals surface area contributed by atoms with Crippen molar-refractivity contribution < 1.29 is 34.1 Å². The van der Waals surface area contributed by atoms with E-state index in [1.807, 2.05) is 42.5 Å². The number of β-amino-alcohol motifs (C(OH)–C–C–N with tert-alkyl or cyclic N) is 1. The van der Waals surface area contributed by atoms with Crippen LogP contribution in [0.5, 0.6) is 5.88 Å². The first-order chi connectivity index (χ1) is 28.1. The third kappa shape index (κ3) is 9.05. The van der Waals surface area contributed by atoms with Crippen molar-refractivity contribution in [2.24, 2.45) is 0 Å². The smallest absolute Gasteiger partial charge is 0.410 e. The van der Waals surface area contributed by atoms with E-state index in [9.17, 15) is 29.4 Å². The molecule has 59 heavy (non-hydrogen) atoms. The quantitative estimate of drug-likeness (QED) is 0.133. The Morgan fingerprint density at radius 1 is 0.983 bits per heavy atom. The van der Waals surface area contributed by atoms with Crippen LogP contribution in [-0.2, 0) is 27.4 Å². The summed E-state index contributed by atoms with van der Waals surface area (Å²) in [7, 11) is 1.50. The zero-order valence-electron chi connectivity index (χ0n) is 32.9. The highest BCUT2D eigenvalue weighted by atomic mass is 35.5. The molecule has 2 amide bonds. The lowest BCUT2D eigenvalue weighted by molar-refractivity contribution is -0.142. The molecule has 2 fully saturated rings. The Labute approximate surface area is 350 Å². The molecule has 3 N–H and O–H groups in total. The van der Waals surface area contributed by atoms with E-state index >= 15 is 0 Å². The summed E-state index contributed by atoms with van der Waals surface area (Å²) in [5, 5.41) is 23.4. The first-order valence-corrected chi connectivity index (χ1v) is 19.9. The Bertz CT molecular complexity index is 2510. The van der Waals surface area contributed by atoms with Gasteiger partial charge in [0.15, 0.2) is 0 Å². The fourth-order valence-corrected chi connectivity index (χ4v) is 8.21. The van der Waals surface area contributed by atoms with Crippen LogP contribution >= 0.6 is 23.2 Å². The number of carboxylic acids is 1. The van der Waals surface area contributed by atoms with Crippen molar-refractivity contribution in [3.8, 4) is 39.4 Å². The number of likely N-dealkylation sites (tertiary alicyclic amines) is 1. The number of hydrogen-bond donors (Lipinski definition) is 3. The summed E-state index contributed by atoms with van der Waals surface area (Å²) in [6.45, 7) is 5.97. The number of carbonyl (C=O) groups excluding carboxylic acids is 2. The maximum absolute atomic E-state index is 13.5. The van der Waals surface area contributed by atoms with Gasteiger partial charge < -0.3 is 29.9 Å². The fourth-order valence-electron chi connectivity index (χ4n) is 7.55. The Balaban J connectivity index is 1.15. The molecule has 308 valence electrons. The molecule has 2 aliphatic heterocycles. The molecule has 2 saturated heterocycles. The number of fused-ring (bicyclic) bond motifs is 1. The summed E-state index contributed by atoms with van der Waals surface area (Å²) >= 11 is 14.3. The predicted octanol–water partition coefficient (Wildman–Crippen LogP) is 6.44. The van der Waals surface area contributed by atoms with Crippen LogP contribution in [0.1, 0.15) is 51.2 Å². The Morgan fingerprint density at radius 3 is 2.34 bits per heavy atom. The third-order valence-corrected chi connectivity index (χ3v) is 11.2. The number of rotatable bonds is 11. The molecular weight excluding hydrogens is 799 g/mol. The molecular formula is C43H44Cl2N6O8. The first-order valence-electron chi connectivity index (χ1n) is 19.1. The van der Waals surface area contributed by atoms with Crippen LogP contribution < -0.4 is 15.6 Å². The van der Waals surface area contributed by atoms with Gasteiger partial charge in [0.1, 0.15) is 17.3 Å². The van der Waals surface area contributed by atoms with Crippen molar-refractivity contribution in [3.63, 3.8) is 0 Å². The van der Waals surface area contributed by atoms with Crippen LogP contribution in [-0.4, -0.2) is 96.3 Å². The standard InChI is InChI=1S/C43H44Cl2N6O8/c1-43(2,3)59-42(57)50(22-27-12-14-36(53)47-27)20-25-11-13-33(48-39(25)58-4)32-10-6-9-31(38(32)45)30-8-5-7-29(37(30)44)24-15-16-51-35(17-24)46-19-26(40(51)54)21-49-23-28(52)18-34(49)41(55)56/h5-11,13,15-17,19,27-28,34,52H,12,14,18,20-23H2,1-4H3,(H,47,53)(H,55,56)/t27?,28-,34+/m0/s1. The largest absolute Gasteiger partial charge is 0.481 e. The van der Waals surface area contributed by atoms with Crippen molar-refractivity contribution in [2.45, 2.75) is 76.9 Å². The van der Waals surface area contributed by atoms with Crippen LogP contribution in [0.4, 0.5) is 4.79 Å². The minimum atomic E-state index is -1.05. The van der Waals surface area contributed by atoms with Gasteiger partial charge in [-0.15, -0.1) is 0 Å². The molecule has 0 saturated carbocycles. The summed E-state index contributed by atoms with van der Waals surface area (Å²) in [4.78, 5) is 62.8. The monoisotopic (exact) mass is 842 g/mol. The molecule has 1 unspecified atom stereocenters. The van der Waals surface area contributed by atoms with Gasteiger partial charge in [-0.05, 0) is 57.0 Å². The molecule has 5 aromatic rings. The fraction of sp³-hybridized carbons (Fsp3) is 0.349. The number of aliphatic hydroxyl groups is 1. The lowest BCUT2D eigenvalue weighted by Gasteiger charge is -2.29. The number of amides is 2. The second-order valence-corrected chi connectivity index (χ2v) is 16.5. The van der Waals surface area contributed by atoms with Crippen molar-refractivity contribution in [1.82, 2.24) is 29.5 Å². The Hall–Kier alpha value is -5.54. The minimum absolute atomic E-state index is 0.0414. The highest BCUT2D eigenvalue weighted by molar-refractivity contribution is 6.39. The van der Waals surface area contributed by atoms with E-state index in [-0.39, 0.29) is 50.1 Å². The van der Waals surface area contributed by atoms with Crippen molar-refractivity contribution in [3.05, 3.63) is 105 Å². The lowest BCUT2D eigenvalue weighted by Crippen LogP contribution is -2.43. The number of aliphatic carboxylic acids is 1.